The lowest BCUT2D eigenvalue weighted by Crippen LogP contribution is -2.18. The highest BCUT2D eigenvalue weighted by molar-refractivity contribution is 6.05. The number of anilines is 1. The van der Waals surface area contributed by atoms with Crippen LogP contribution in [-0.4, -0.2) is 32.6 Å². The third kappa shape index (κ3) is 6.01. The van der Waals surface area contributed by atoms with Crippen LogP contribution in [0.3, 0.4) is 0 Å². The SMILES string of the molecule is CCCCCCOc1ccc(C(=O)Nc2ccc(C(=O)NC)cc2)cc1OC. The van der Waals surface area contributed by atoms with Gasteiger partial charge in [0.1, 0.15) is 0 Å². The first-order valence-electron chi connectivity index (χ1n) is 9.53. The van der Waals surface area contributed by atoms with Crippen molar-refractivity contribution in [2.45, 2.75) is 32.6 Å². The topological polar surface area (TPSA) is 76.7 Å². The van der Waals surface area contributed by atoms with E-state index in [2.05, 4.69) is 17.6 Å². The van der Waals surface area contributed by atoms with Gasteiger partial charge in [-0.3, -0.25) is 9.59 Å². The molecule has 0 unspecified atom stereocenters. The minimum Gasteiger partial charge on any atom is -0.493 e. The van der Waals surface area contributed by atoms with Crippen molar-refractivity contribution in [2.75, 3.05) is 26.1 Å². The molecule has 0 saturated heterocycles. The molecule has 2 rings (SSSR count). The molecule has 0 fully saturated rings. The summed E-state index contributed by atoms with van der Waals surface area (Å²) < 4.78 is 11.1. The van der Waals surface area contributed by atoms with Crippen LogP contribution in [0.4, 0.5) is 5.69 Å². The second kappa shape index (κ2) is 11.0. The Morgan fingerprint density at radius 2 is 1.61 bits per heavy atom. The lowest BCUT2D eigenvalue weighted by atomic mass is 10.1. The van der Waals surface area contributed by atoms with E-state index in [9.17, 15) is 9.59 Å². The molecule has 0 aliphatic carbocycles. The molecule has 2 amide bonds. The molecule has 0 aliphatic heterocycles. The first kappa shape index (κ1) is 21.3. The van der Waals surface area contributed by atoms with E-state index < -0.39 is 0 Å². The van der Waals surface area contributed by atoms with Crippen molar-refractivity contribution in [1.82, 2.24) is 5.32 Å². The van der Waals surface area contributed by atoms with Crippen LogP contribution in [0, 0.1) is 0 Å². The summed E-state index contributed by atoms with van der Waals surface area (Å²) in [6, 6.07) is 11.8. The van der Waals surface area contributed by atoms with Gasteiger partial charge in [-0.2, -0.15) is 0 Å². The van der Waals surface area contributed by atoms with Crippen LogP contribution in [0.2, 0.25) is 0 Å². The number of amides is 2. The van der Waals surface area contributed by atoms with Crippen molar-refractivity contribution in [2.24, 2.45) is 0 Å². The predicted molar refractivity (Wildman–Crippen MR) is 110 cm³/mol. The minimum absolute atomic E-state index is 0.173. The van der Waals surface area contributed by atoms with E-state index in [1.807, 2.05) is 0 Å². The maximum absolute atomic E-state index is 12.5. The number of benzene rings is 2. The molecule has 0 heterocycles. The van der Waals surface area contributed by atoms with Gasteiger partial charge in [-0.25, -0.2) is 0 Å². The van der Waals surface area contributed by atoms with Crippen LogP contribution in [0.15, 0.2) is 42.5 Å². The Morgan fingerprint density at radius 3 is 2.25 bits per heavy atom. The summed E-state index contributed by atoms with van der Waals surface area (Å²) in [4.78, 5) is 24.1. The number of rotatable bonds is 10. The summed E-state index contributed by atoms with van der Waals surface area (Å²) in [7, 11) is 3.13. The Morgan fingerprint density at radius 1 is 0.893 bits per heavy atom. The fourth-order valence-electron chi connectivity index (χ4n) is 2.69. The number of methoxy groups -OCH3 is 1. The van der Waals surface area contributed by atoms with Gasteiger partial charge in [0.15, 0.2) is 11.5 Å². The summed E-state index contributed by atoms with van der Waals surface area (Å²) in [5.74, 6) is 0.719. The monoisotopic (exact) mass is 384 g/mol. The molecule has 0 radical (unpaired) electrons. The van der Waals surface area contributed by atoms with Crippen molar-refractivity contribution in [3.8, 4) is 11.5 Å². The zero-order chi connectivity index (χ0) is 20.4. The predicted octanol–water partition coefficient (Wildman–Crippen LogP) is 4.27. The smallest absolute Gasteiger partial charge is 0.255 e. The maximum atomic E-state index is 12.5. The van der Waals surface area contributed by atoms with E-state index in [0.29, 0.717) is 34.9 Å². The van der Waals surface area contributed by atoms with Gasteiger partial charge in [0.25, 0.3) is 11.8 Å². The Balaban J connectivity index is 2.00. The third-order valence-electron chi connectivity index (χ3n) is 4.31. The highest BCUT2D eigenvalue weighted by Crippen LogP contribution is 2.28. The molecule has 0 spiro atoms. The average Bonchev–Trinajstić information content (AvgIpc) is 2.73. The largest absolute Gasteiger partial charge is 0.493 e. The summed E-state index contributed by atoms with van der Waals surface area (Å²) in [5.41, 5.74) is 1.60. The van der Waals surface area contributed by atoms with Gasteiger partial charge in [0, 0.05) is 23.9 Å². The van der Waals surface area contributed by atoms with Gasteiger partial charge in [0.05, 0.1) is 13.7 Å². The van der Waals surface area contributed by atoms with E-state index in [-0.39, 0.29) is 11.8 Å². The highest BCUT2D eigenvalue weighted by atomic mass is 16.5. The van der Waals surface area contributed by atoms with Gasteiger partial charge < -0.3 is 20.1 Å². The quantitative estimate of drug-likeness (QED) is 0.600. The molecular formula is C22H28N2O4. The van der Waals surface area contributed by atoms with Gasteiger partial charge in [-0.1, -0.05) is 26.2 Å². The Bertz CT molecular complexity index is 788. The molecule has 2 aromatic rings. The number of ether oxygens (including phenoxy) is 2. The van der Waals surface area contributed by atoms with E-state index in [1.165, 1.54) is 12.8 Å². The number of unbranched alkanes of at least 4 members (excludes halogenated alkanes) is 3. The number of hydrogen-bond donors (Lipinski definition) is 2. The molecular weight excluding hydrogens is 356 g/mol. The standard InChI is InChI=1S/C22H28N2O4/c1-4-5-6-7-14-28-19-13-10-17(15-20(19)27-3)22(26)24-18-11-8-16(9-12-18)21(25)23-2/h8-13,15H,4-7,14H2,1-3H3,(H,23,25)(H,24,26). The first-order chi connectivity index (χ1) is 13.6. The summed E-state index contributed by atoms with van der Waals surface area (Å²) in [5, 5.41) is 5.37. The molecule has 2 N–H and O–H groups in total. The van der Waals surface area contributed by atoms with Gasteiger partial charge >= 0.3 is 0 Å². The minimum atomic E-state index is -0.263. The normalized spacial score (nSPS) is 10.2. The number of hydrogen-bond acceptors (Lipinski definition) is 4. The molecule has 0 atom stereocenters. The average molecular weight is 384 g/mol. The summed E-state index contributed by atoms with van der Waals surface area (Å²) >= 11 is 0. The Kier molecular flexibility index (Phi) is 8.34. The van der Waals surface area contributed by atoms with Crippen molar-refractivity contribution in [3.05, 3.63) is 53.6 Å². The molecule has 6 heteroatoms. The van der Waals surface area contributed by atoms with Crippen molar-refractivity contribution >= 4 is 17.5 Å². The molecule has 6 nitrogen and oxygen atoms in total. The first-order valence-corrected chi connectivity index (χ1v) is 9.53. The van der Waals surface area contributed by atoms with Gasteiger partial charge in [-0.05, 0) is 48.9 Å². The zero-order valence-electron chi connectivity index (χ0n) is 16.7. The van der Waals surface area contributed by atoms with E-state index in [0.717, 1.165) is 12.8 Å². The van der Waals surface area contributed by atoms with Crippen LogP contribution in [0.5, 0.6) is 11.5 Å². The lowest BCUT2D eigenvalue weighted by molar-refractivity contribution is 0.0962. The lowest BCUT2D eigenvalue weighted by Gasteiger charge is -2.12. The Labute approximate surface area is 166 Å². The van der Waals surface area contributed by atoms with E-state index >= 15 is 0 Å². The van der Waals surface area contributed by atoms with Crippen molar-refractivity contribution in [1.29, 1.82) is 0 Å². The van der Waals surface area contributed by atoms with E-state index in [4.69, 9.17) is 9.47 Å². The Hall–Kier alpha value is -3.02. The highest BCUT2D eigenvalue weighted by Gasteiger charge is 2.12. The van der Waals surface area contributed by atoms with E-state index in [1.54, 1.807) is 56.6 Å². The second-order valence-corrected chi connectivity index (χ2v) is 6.39. The molecule has 150 valence electrons. The van der Waals surface area contributed by atoms with Crippen LogP contribution in [-0.2, 0) is 0 Å². The fraction of sp³-hybridized carbons (Fsp3) is 0.364. The van der Waals surface area contributed by atoms with Gasteiger partial charge in [-0.15, -0.1) is 0 Å². The second-order valence-electron chi connectivity index (χ2n) is 6.39. The molecule has 0 aromatic heterocycles. The third-order valence-corrected chi connectivity index (χ3v) is 4.31. The maximum Gasteiger partial charge on any atom is 0.255 e. The molecule has 0 aliphatic rings. The van der Waals surface area contributed by atoms with Crippen LogP contribution < -0.4 is 20.1 Å². The van der Waals surface area contributed by atoms with Crippen LogP contribution in [0.25, 0.3) is 0 Å². The molecule has 0 bridgehead atoms. The fourth-order valence-corrected chi connectivity index (χ4v) is 2.69. The molecule has 0 saturated carbocycles. The number of carbonyl (C=O) groups excluding carboxylic acids is 2. The molecule has 28 heavy (non-hydrogen) atoms. The van der Waals surface area contributed by atoms with Crippen molar-refractivity contribution in [3.63, 3.8) is 0 Å². The van der Waals surface area contributed by atoms with Crippen LogP contribution in [0.1, 0.15) is 53.3 Å². The van der Waals surface area contributed by atoms with Crippen LogP contribution >= 0.6 is 0 Å². The summed E-state index contributed by atoms with van der Waals surface area (Å²) in [6.45, 7) is 2.80. The zero-order valence-corrected chi connectivity index (χ0v) is 16.7. The summed E-state index contributed by atoms with van der Waals surface area (Å²) in [6.07, 6.45) is 4.51. The van der Waals surface area contributed by atoms with Gasteiger partial charge in [0.2, 0.25) is 0 Å². The molecule has 2 aromatic carbocycles. The number of carbonyl (C=O) groups is 2. The van der Waals surface area contributed by atoms with Crippen molar-refractivity contribution < 1.29 is 19.1 Å². The number of nitrogens with one attached hydrogen (secondary N) is 2.